The van der Waals surface area contributed by atoms with Crippen molar-refractivity contribution < 1.29 is 4.79 Å². The van der Waals surface area contributed by atoms with E-state index in [1.807, 2.05) is 18.7 Å². The van der Waals surface area contributed by atoms with Gasteiger partial charge in [0.05, 0.1) is 0 Å². The van der Waals surface area contributed by atoms with Gasteiger partial charge in [-0.3, -0.25) is 4.79 Å². The van der Waals surface area contributed by atoms with Gasteiger partial charge >= 0.3 is 0 Å². The highest BCUT2D eigenvalue weighted by atomic mass is 32.1. The number of rotatable bonds is 7. The number of nitrogens with one attached hydrogen (secondary N) is 1. The molecule has 0 aliphatic heterocycles. The van der Waals surface area contributed by atoms with Gasteiger partial charge in [0.2, 0.25) is 5.91 Å². The highest BCUT2D eigenvalue weighted by molar-refractivity contribution is 7.17. The number of amides is 1. The zero-order valence-electron chi connectivity index (χ0n) is 12.2. The molecule has 0 saturated heterocycles. The Kier molecular flexibility index (Phi) is 5.56. The summed E-state index contributed by atoms with van der Waals surface area (Å²) in [5.41, 5.74) is 1.32. The fraction of sp³-hybridized carbons (Fsp3) is 0.438. The fourth-order valence-corrected chi connectivity index (χ4v) is 3.29. The SMILES string of the molecule is CCN(CC)C(=O)CCNCc1csc2ccccc12. The summed E-state index contributed by atoms with van der Waals surface area (Å²) in [4.78, 5) is 13.7. The molecule has 1 amide bonds. The van der Waals surface area contributed by atoms with Gasteiger partial charge in [-0.2, -0.15) is 0 Å². The second-order valence-electron chi connectivity index (χ2n) is 4.75. The van der Waals surface area contributed by atoms with Crippen LogP contribution in [0.15, 0.2) is 29.6 Å². The Morgan fingerprint density at radius 1 is 1.25 bits per heavy atom. The van der Waals surface area contributed by atoms with E-state index in [0.717, 1.165) is 26.2 Å². The lowest BCUT2D eigenvalue weighted by Gasteiger charge is -2.18. The summed E-state index contributed by atoms with van der Waals surface area (Å²) < 4.78 is 1.32. The lowest BCUT2D eigenvalue weighted by atomic mass is 10.2. The number of benzene rings is 1. The molecule has 3 nitrogen and oxygen atoms in total. The zero-order valence-corrected chi connectivity index (χ0v) is 13.0. The van der Waals surface area contributed by atoms with Crippen molar-refractivity contribution in [3.8, 4) is 0 Å². The Morgan fingerprint density at radius 3 is 2.75 bits per heavy atom. The number of hydrogen-bond acceptors (Lipinski definition) is 3. The van der Waals surface area contributed by atoms with Crippen LogP contribution in [0.2, 0.25) is 0 Å². The van der Waals surface area contributed by atoms with E-state index in [4.69, 9.17) is 0 Å². The average molecular weight is 290 g/mol. The molecular formula is C16H22N2OS. The number of nitrogens with zero attached hydrogens (tertiary/aromatic N) is 1. The molecule has 2 aromatic rings. The molecule has 0 atom stereocenters. The molecule has 108 valence electrons. The molecule has 0 bridgehead atoms. The average Bonchev–Trinajstić information content (AvgIpc) is 2.88. The van der Waals surface area contributed by atoms with Crippen molar-refractivity contribution in [1.29, 1.82) is 0 Å². The van der Waals surface area contributed by atoms with E-state index in [1.54, 1.807) is 11.3 Å². The van der Waals surface area contributed by atoms with Crippen molar-refractivity contribution in [3.63, 3.8) is 0 Å². The molecule has 0 spiro atoms. The van der Waals surface area contributed by atoms with Crippen LogP contribution in [0.3, 0.4) is 0 Å². The number of carbonyl (C=O) groups excluding carboxylic acids is 1. The quantitative estimate of drug-likeness (QED) is 0.794. The van der Waals surface area contributed by atoms with Gasteiger partial charge in [0.25, 0.3) is 0 Å². The van der Waals surface area contributed by atoms with Gasteiger partial charge < -0.3 is 10.2 Å². The van der Waals surface area contributed by atoms with Crippen LogP contribution in [0.4, 0.5) is 0 Å². The first-order valence-corrected chi connectivity index (χ1v) is 8.07. The monoisotopic (exact) mass is 290 g/mol. The lowest BCUT2D eigenvalue weighted by Crippen LogP contribution is -2.32. The summed E-state index contributed by atoms with van der Waals surface area (Å²) in [5, 5.41) is 6.89. The standard InChI is InChI=1S/C16H22N2OS/c1-3-18(4-2)16(19)9-10-17-11-13-12-20-15-8-6-5-7-14(13)15/h5-8,12,17H,3-4,9-11H2,1-2H3. The molecule has 0 fully saturated rings. The van der Waals surface area contributed by atoms with E-state index in [2.05, 4.69) is 35.0 Å². The van der Waals surface area contributed by atoms with Crippen LogP contribution < -0.4 is 5.32 Å². The highest BCUT2D eigenvalue weighted by Gasteiger charge is 2.08. The molecule has 0 aliphatic carbocycles. The second kappa shape index (κ2) is 7.41. The topological polar surface area (TPSA) is 32.3 Å². The molecule has 0 saturated carbocycles. The molecule has 0 unspecified atom stereocenters. The molecule has 0 radical (unpaired) electrons. The van der Waals surface area contributed by atoms with Gasteiger partial charge in [0, 0.05) is 37.3 Å². The third-order valence-corrected chi connectivity index (χ3v) is 4.52. The summed E-state index contributed by atoms with van der Waals surface area (Å²) in [6.45, 7) is 7.20. The Hall–Kier alpha value is -1.39. The van der Waals surface area contributed by atoms with E-state index in [9.17, 15) is 4.79 Å². The molecule has 0 aliphatic rings. The largest absolute Gasteiger partial charge is 0.343 e. The first-order chi connectivity index (χ1) is 9.76. The summed E-state index contributed by atoms with van der Waals surface area (Å²) in [6, 6.07) is 8.44. The van der Waals surface area contributed by atoms with Gasteiger partial charge in [-0.25, -0.2) is 0 Å². The lowest BCUT2D eigenvalue weighted by molar-refractivity contribution is -0.130. The molecule has 1 N–H and O–H groups in total. The van der Waals surface area contributed by atoms with Crippen molar-refractivity contribution in [2.75, 3.05) is 19.6 Å². The first-order valence-electron chi connectivity index (χ1n) is 7.19. The maximum atomic E-state index is 11.9. The van der Waals surface area contributed by atoms with Gasteiger partial charge in [-0.05, 0) is 36.2 Å². The third kappa shape index (κ3) is 3.58. The predicted octanol–water partition coefficient (Wildman–Crippen LogP) is 3.25. The maximum Gasteiger partial charge on any atom is 0.223 e. The van der Waals surface area contributed by atoms with Crippen molar-refractivity contribution in [1.82, 2.24) is 10.2 Å². The van der Waals surface area contributed by atoms with Crippen LogP contribution in [0.1, 0.15) is 25.8 Å². The predicted molar refractivity (Wildman–Crippen MR) is 86.1 cm³/mol. The number of hydrogen-bond donors (Lipinski definition) is 1. The molecule has 4 heteroatoms. The number of fused-ring (bicyclic) bond motifs is 1. The molecule has 1 aromatic carbocycles. The summed E-state index contributed by atoms with van der Waals surface area (Å²) in [7, 11) is 0. The van der Waals surface area contributed by atoms with Crippen LogP contribution >= 0.6 is 11.3 Å². The minimum Gasteiger partial charge on any atom is -0.343 e. The Labute approximate surface area is 124 Å². The number of thiophene rings is 1. The Bertz CT molecular complexity index is 560. The van der Waals surface area contributed by atoms with E-state index in [1.165, 1.54) is 15.6 Å². The van der Waals surface area contributed by atoms with Gasteiger partial charge in [0.1, 0.15) is 0 Å². The van der Waals surface area contributed by atoms with Gasteiger partial charge in [-0.1, -0.05) is 18.2 Å². The van der Waals surface area contributed by atoms with E-state index >= 15 is 0 Å². The Balaban J connectivity index is 1.80. The van der Waals surface area contributed by atoms with Crippen LogP contribution in [0.25, 0.3) is 10.1 Å². The summed E-state index contributed by atoms with van der Waals surface area (Å²) in [5.74, 6) is 0.234. The molecule has 20 heavy (non-hydrogen) atoms. The zero-order chi connectivity index (χ0) is 14.4. The van der Waals surface area contributed by atoms with Crippen molar-refractivity contribution >= 4 is 27.3 Å². The highest BCUT2D eigenvalue weighted by Crippen LogP contribution is 2.25. The minimum absolute atomic E-state index is 0.234. The van der Waals surface area contributed by atoms with Gasteiger partial charge in [0.15, 0.2) is 0 Å². The minimum atomic E-state index is 0.234. The van der Waals surface area contributed by atoms with Gasteiger partial charge in [-0.15, -0.1) is 11.3 Å². The normalized spacial score (nSPS) is 10.9. The van der Waals surface area contributed by atoms with E-state index < -0.39 is 0 Å². The third-order valence-electron chi connectivity index (χ3n) is 3.51. The van der Waals surface area contributed by atoms with Crippen LogP contribution in [0, 0.1) is 0 Å². The first kappa shape index (κ1) is 15.0. The van der Waals surface area contributed by atoms with E-state index in [0.29, 0.717) is 6.42 Å². The molecule has 1 aromatic heterocycles. The molecule has 2 rings (SSSR count). The number of carbonyl (C=O) groups is 1. The maximum absolute atomic E-state index is 11.9. The molecular weight excluding hydrogens is 268 g/mol. The van der Waals surface area contributed by atoms with E-state index in [-0.39, 0.29) is 5.91 Å². The Morgan fingerprint density at radius 2 is 2.00 bits per heavy atom. The van der Waals surface area contributed by atoms with Crippen LogP contribution in [0.5, 0.6) is 0 Å². The van der Waals surface area contributed by atoms with Crippen molar-refractivity contribution in [3.05, 3.63) is 35.2 Å². The smallest absolute Gasteiger partial charge is 0.223 e. The van der Waals surface area contributed by atoms with Crippen molar-refractivity contribution in [2.45, 2.75) is 26.8 Å². The van der Waals surface area contributed by atoms with Crippen LogP contribution in [-0.2, 0) is 11.3 Å². The van der Waals surface area contributed by atoms with Crippen LogP contribution in [-0.4, -0.2) is 30.4 Å². The summed E-state index contributed by atoms with van der Waals surface area (Å²) in [6.07, 6.45) is 0.573. The second-order valence-corrected chi connectivity index (χ2v) is 5.66. The summed E-state index contributed by atoms with van der Waals surface area (Å²) >= 11 is 1.78. The van der Waals surface area contributed by atoms with Crippen molar-refractivity contribution in [2.24, 2.45) is 0 Å². The molecule has 1 heterocycles. The fourth-order valence-electron chi connectivity index (χ4n) is 2.32.